The summed E-state index contributed by atoms with van der Waals surface area (Å²) in [4.78, 5) is 12.0. The summed E-state index contributed by atoms with van der Waals surface area (Å²) in [6, 6.07) is 10.6. The van der Waals surface area contributed by atoms with Crippen LogP contribution in [-0.4, -0.2) is 5.78 Å². The standard InChI is InChI=1S/C15H14O/c16-15-12-7-10(12)6-11(13-8-14(13)15)9-4-2-1-3-5-9/h1-6,10,12-14H,7-8H2/t10-,12+,13-,14-/m1/s1. The van der Waals surface area contributed by atoms with Crippen molar-refractivity contribution in [3.8, 4) is 0 Å². The molecular weight excluding hydrogens is 196 g/mol. The molecule has 2 fully saturated rings. The lowest BCUT2D eigenvalue weighted by Crippen LogP contribution is -2.04. The second kappa shape index (κ2) is 2.85. The molecule has 0 N–H and O–H groups in total. The number of rotatable bonds is 1. The number of benzene rings is 1. The zero-order valence-corrected chi connectivity index (χ0v) is 9.10. The number of hydrogen-bond acceptors (Lipinski definition) is 1. The minimum absolute atomic E-state index is 0.365. The van der Waals surface area contributed by atoms with Gasteiger partial charge in [0.05, 0.1) is 0 Å². The molecule has 3 aliphatic rings. The molecule has 4 rings (SSSR count). The van der Waals surface area contributed by atoms with Crippen molar-refractivity contribution in [2.45, 2.75) is 12.8 Å². The van der Waals surface area contributed by atoms with Crippen molar-refractivity contribution in [1.29, 1.82) is 0 Å². The van der Waals surface area contributed by atoms with Gasteiger partial charge in [0.1, 0.15) is 5.78 Å². The Morgan fingerprint density at radius 1 is 0.938 bits per heavy atom. The summed E-state index contributed by atoms with van der Waals surface area (Å²) >= 11 is 0. The summed E-state index contributed by atoms with van der Waals surface area (Å²) in [5, 5.41) is 0. The smallest absolute Gasteiger partial charge is 0.140 e. The highest BCUT2D eigenvalue weighted by Gasteiger charge is 2.56. The third-order valence-electron chi connectivity index (χ3n) is 4.26. The van der Waals surface area contributed by atoms with Crippen LogP contribution in [0.3, 0.4) is 0 Å². The molecule has 0 spiro atoms. The Bertz CT molecular complexity index is 485. The van der Waals surface area contributed by atoms with Crippen LogP contribution in [0.15, 0.2) is 36.4 Å². The van der Waals surface area contributed by atoms with E-state index in [4.69, 9.17) is 0 Å². The quantitative estimate of drug-likeness (QED) is 0.696. The molecule has 0 aliphatic heterocycles. The van der Waals surface area contributed by atoms with Crippen LogP contribution in [0.1, 0.15) is 18.4 Å². The van der Waals surface area contributed by atoms with Gasteiger partial charge in [-0.2, -0.15) is 0 Å². The predicted octanol–water partition coefficient (Wildman–Crippen LogP) is 2.92. The fourth-order valence-electron chi connectivity index (χ4n) is 3.15. The van der Waals surface area contributed by atoms with Gasteiger partial charge in [0, 0.05) is 11.8 Å². The Hall–Kier alpha value is -1.37. The van der Waals surface area contributed by atoms with E-state index in [1.807, 2.05) is 0 Å². The van der Waals surface area contributed by atoms with E-state index >= 15 is 0 Å². The fourth-order valence-corrected chi connectivity index (χ4v) is 3.15. The third kappa shape index (κ3) is 1.14. The van der Waals surface area contributed by atoms with Crippen molar-refractivity contribution in [2.24, 2.45) is 23.7 Å². The van der Waals surface area contributed by atoms with Gasteiger partial charge in [-0.3, -0.25) is 4.79 Å². The molecule has 0 unspecified atom stereocenters. The maximum Gasteiger partial charge on any atom is 0.140 e. The SMILES string of the molecule is O=C1[C@H]2C[C@H]2C=C(c2ccccc2)[C@H]2C[C@@H]12. The molecule has 0 saturated heterocycles. The summed E-state index contributed by atoms with van der Waals surface area (Å²) in [6.45, 7) is 0. The summed E-state index contributed by atoms with van der Waals surface area (Å²) in [6.07, 6.45) is 4.59. The average Bonchev–Trinajstić information content (AvgIpc) is 3.18. The van der Waals surface area contributed by atoms with E-state index in [1.54, 1.807) is 0 Å². The molecule has 4 atom stereocenters. The fraction of sp³-hybridized carbons (Fsp3) is 0.400. The van der Waals surface area contributed by atoms with E-state index in [0.29, 0.717) is 29.5 Å². The lowest BCUT2D eigenvalue weighted by atomic mass is 9.99. The average molecular weight is 210 g/mol. The first kappa shape index (κ1) is 8.74. The van der Waals surface area contributed by atoms with E-state index in [1.165, 1.54) is 11.1 Å². The van der Waals surface area contributed by atoms with Crippen molar-refractivity contribution >= 4 is 11.4 Å². The van der Waals surface area contributed by atoms with E-state index < -0.39 is 0 Å². The van der Waals surface area contributed by atoms with Crippen LogP contribution >= 0.6 is 0 Å². The molecule has 1 aromatic rings. The molecule has 0 radical (unpaired) electrons. The van der Waals surface area contributed by atoms with Gasteiger partial charge >= 0.3 is 0 Å². The molecule has 0 heterocycles. The lowest BCUT2D eigenvalue weighted by Gasteiger charge is -2.05. The molecular formula is C15H14O. The molecule has 16 heavy (non-hydrogen) atoms. The minimum Gasteiger partial charge on any atom is -0.299 e. The van der Waals surface area contributed by atoms with Crippen LogP contribution in [0.5, 0.6) is 0 Å². The molecule has 1 heteroatoms. The minimum atomic E-state index is 0.365. The highest BCUT2D eigenvalue weighted by molar-refractivity contribution is 5.94. The maximum atomic E-state index is 12.0. The summed E-state index contributed by atoms with van der Waals surface area (Å²) in [5.74, 6) is 2.41. The number of ketones is 1. The summed E-state index contributed by atoms with van der Waals surface area (Å²) < 4.78 is 0. The Morgan fingerprint density at radius 2 is 1.75 bits per heavy atom. The molecule has 0 bridgehead atoms. The van der Waals surface area contributed by atoms with Crippen molar-refractivity contribution in [3.63, 3.8) is 0 Å². The molecule has 3 aliphatic carbocycles. The Morgan fingerprint density at radius 3 is 2.56 bits per heavy atom. The zero-order chi connectivity index (χ0) is 10.7. The molecule has 80 valence electrons. The number of allylic oxidation sites excluding steroid dienone is 2. The monoisotopic (exact) mass is 210 g/mol. The van der Waals surface area contributed by atoms with Crippen molar-refractivity contribution < 1.29 is 4.79 Å². The van der Waals surface area contributed by atoms with Crippen LogP contribution in [0.25, 0.3) is 5.57 Å². The Labute approximate surface area is 95.2 Å². The van der Waals surface area contributed by atoms with Gasteiger partial charge in [-0.15, -0.1) is 0 Å². The van der Waals surface area contributed by atoms with Gasteiger partial charge < -0.3 is 0 Å². The highest BCUT2D eigenvalue weighted by Crippen LogP contribution is 2.58. The third-order valence-corrected chi connectivity index (χ3v) is 4.26. The second-order valence-electron chi connectivity index (χ2n) is 5.35. The van der Waals surface area contributed by atoms with Gasteiger partial charge in [0.2, 0.25) is 0 Å². The van der Waals surface area contributed by atoms with Crippen molar-refractivity contribution in [2.75, 3.05) is 0 Å². The van der Waals surface area contributed by atoms with Gasteiger partial charge in [0.25, 0.3) is 0 Å². The zero-order valence-electron chi connectivity index (χ0n) is 9.10. The van der Waals surface area contributed by atoms with Gasteiger partial charge in [-0.05, 0) is 35.8 Å². The second-order valence-corrected chi connectivity index (χ2v) is 5.35. The summed E-state index contributed by atoms with van der Waals surface area (Å²) in [5.41, 5.74) is 2.78. The topological polar surface area (TPSA) is 17.1 Å². The maximum absolute atomic E-state index is 12.0. The Balaban J connectivity index is 1.77. The van der Waals surface area contributed by atoms with E-state index in [0.717, 1.165) is 12.8 Å². The number of carbonyl (C=O) groups is 1. The van der Waals surface area contributed by atoms with Gasteiger partial charge in [-0.25, -0.2) is 0 Å². The molecule has 0 amide bonds. The largest absolute Gasteiger partial charge is 0.299 e. The number of carbonyl (C=O) groups excluding carboxylic acids is 1. The molecule has 1 nitrogen and oxygen atoms in total. The number of Topliss-reactive ketones (excluding diaryl/α,β-unsaturated/α-hetero) is 1. The van der Waals surface area contributed by atoms with E-state index in [-0.39, 0.29) is 0 Å². The van der Waals surface area contributed by atoms with Gasteiger partial charge in [-0.1, -0.05) is 36.4 Å². The van der Waals surface area contributed by atoms with Crippen LogP contribution in [-0.2, 0) is 4.79 Å². The van der Waals surface area contributed by atoms with Crippen LogP contribution < -0.4 is 0 Å². The molecule has 0 aromatic heterocycles. The normalized spacial score (nSPS) is 39.2. The molecule has 1 aromatic carbocycles. The van der Waals surface area contributed by atoms with Crippen LogP contribution in [0, 0.1) is 23.7 Å². The lowest BCUT2D eigenvalue weighted by molar-refractivity contribution is -0.121. The van der Waals surface area contributed by atoms with Crippen molar-refractivity contribution in [3.05, 3.63) is 42.0 Å². The van der Waals surface area contributed by atoms with E-state index in [2.05, 4.69) is 36.4 Å². The molecule has 2 saturated carbocycles. The van der Waals surface area contributed by atoms with Crippen molar-refractivity contribution in [1.82, 2.24) is 0 Å². The first-order chi connectivity index (χ1) is 7.84. The van der Waals surface area contributed by atoms with Crippen LogP contribution in [0.2, 0.25) is 0 Å². The predicted molar refractivity (Wildman–Crippen MR) is 62.6 cm³/mol. The van der Waals surface area contributed by atoms with Gasteiger partial charge in [0.15, 0.2) is 0 Å². The Kier molecular flexibility index (Phi) is 1.56. The first-order valence-corrected chi connectivity index (χ1v) is 6.15. The van der Waals surface area contributed by atoms with Crippen LogP contribution in [0.4, 0.5) is 0 Å². The van der Waals surface area contributed by atoms with E-state index in [9.17, 15) is 4.79 Å². The highest BCUT2D eigenvalue weighted by atomic mass is 16.1. The number of hydrogen-bond donors (Lipinski definition) is 0. The first-order valence-electron chi connectivity index (χ1n) is 6.15. The number of fused-ring (bicyclic) bond motifs is 2. The summed E-state index contributed by atoms with van der Waals surface area (Å²) in [7, 11) is 0.